The van der Waals surface area contributed by atoms with Crippen LogP contribution in [0.1, 0.15) is 10.4 Å². The molecule has 0 N–H and O–H groups in total. The minimum atomic E-state index is -0.653. The summed E-state index contributed by atoms with van der Waals surface area (Å²) in [5.41, 5.74) is 0.622. The van der Waals surface area contributed by atoms with Crippen molar-refractivity contribution in [2.45, 2.75) is 4.84 Å². The first-order valence-electron chi connectivity index (χ1n) is 3.26. The molecule has 0 heterocycles. The summed E-state index contributed by atoms with van der Waals surface area (Å²) < 4.78 is 17.6. The van der Waals surface area contributed by atoms with Gasteiger partial charge in [0.05, 0.1) is 7.11 Å². The lowest BCUT2D eigenvalue weighted by Gasteiger charge is -2.05. The van der Waals surface area contributed by atoms with Crippen LogP contribution < -0.4 is 4.74 Å². The fourth-order valence-electron chi connectivity index (χ4n) is 0.812. The molecule has 1 aromatic rings. The number of benzene rings is 1. The van der Waals surface area contributed by atoms with Crippen LogP contribution in [-0.4, -0.2) is 7.11 Å². The number of hydrogen-bond acceptors (Lipinski definition) is 1. The number of rotatable bonds is 2. The fraction of sp³-hybridized carbons (Fsp3) is 0.250. The first-order chi connectivity index (χ1) is 5.65. The zero-order chi connectivity index (χ0) is 9.14. The zero-order valence-corrected chi connectivity index (χ0v) is 7.86. The van der Waals surface area contributed by atoms with Crippen LogP contribution in [0.3, 0.4) is 0 Å². The molecule has 0 saturated carbocycles. The third-order valence-corrected chi connectivity index (χ3v) is 1.93. The van der Waals surface area contributed by atoms with Gasteiger partial charge >= 0.3 is 0 Å². The molecular formula is C8H7Cl2FO. The van der Waals surface area contributed by atoms with Gasteiger partial charge in [-0.25, -0.2) is 4.39 Å². The van der Waals surface area contributed by atoms with Gasteiger partial charge in [0.1, 0.15) is 4.84 Å². The highest BCUT2D eigenvalue weighted by molar-refractivity contribution is 6.44. The Labute approximate surface area is 80.0 Å². The summed E-state index contributed by atoms with van der Waals surface area (Å²) in [6.07, 6.45) is 0. The Balaban J connectivity index is 3.05. The van der Waals surface area contributed by atoms with Crippen molar-refractivity contribution in [1.29, 1.82) is 0 Å². The topological polar surface area (TPSA) is 9.23 Å². The number of methoxy groups -OCH3 is 1. The second-order valence-electron chi connectivity index (χ2n) is 2.19. The number of ether oxygens (including phenoxy) is 1. The van der Waals surface area contributed by atoms with Crippen molar-refractivity contribution in [1.82, 2.24) is 0 Å². The molecule has 0 bridgehead atoms. The monoisotopic (exact) mass is 208 g/mol. The summed E-state index contributed by atoms with van der Waals surface area (Å²) in [4.78, 5) is -0.653. The lowest BCUT2D eigenvalue weighted by atomic mass is 10.2. The Hall–Kier alpha value is -0.470. The van der Waals surface area contributed by atoms with Gasteiger partial charge < -0.3 is 4.74 Å². The third-order valence-electron chi connectivity index (χ3n) is 1.43. The maximum Gasteiger partial charge on any atom is 0.165 e. The minimum Gasteiger partial charge on any atom is -0.494 e. The molecule has 1 rings (SSSR count). The predicted molar refractivity (Wildman–Crippen MR) is 47.4 cm³/mol. The van der Waals surface area contributed by atoms with Gasteiger partial charge in [-0.1, -0.05) is 6.07 Å². The number of halogens is 3. The van der Waals surface area contributed by atoms with E-state index in [0.29, 0.717) is 5.56 Å². The average molecular weight is 209 g/mol. The van der Waals surface area contributed by atoms with Gasteiger partial charge in [0.2, 0.25) is 0 Å². The Morgan fingerprint density at radius 1 is 1.42 bits per heavy atom. The normalized spacial score (nSPS) is 10.4. The molecule has 0 spiro atoms. The van der Waals surface area contributed by atoms with E-state index >= 15 is 0 Å². The van der Waals surface area contributed by atoms with E-state index in [2.05, 4.69) is 0 Å². The highest BCUT2D eigenvalue weighted by Crippen LogP contribution is 2.28. The number of hydrogen-bond donors (Lipinski definition) is 0. The summed E-state index contributed by atoms with van der Waals surface area (Å²) >= 11 is 11.1. The quantitative estimate of drug-likeness (QED) is 0.679. The largest absolute Gasteiger partial charge is 0.494 e. The summed E-state index contributed by atoms with van der Waals surface area (Å²) in [5, 5.41) is 0. The van der Waals surface area contributed by atoms with Crippen LogP contribution in [-0.2, 0) is 0 Å². The standard InChI is InChI=1S/C8H7Cl2FO/c1-12-7-4-5(8(9)10)2-3-6(7)11/h2-4,8H,1H3. The first kappa shape index (κ1) is 9.62. The van der Waals surface area contributed by atoms with E-state index in [9.17, 15) is 4.39 Å². The first-order valence-corrected chi connectivity index (χ1v) is 4.14. The summed E-state index contributed by atoms with van der Waals surface area (Å²) in [7, 11) is 1.39. The second kappa shape index (κ2) is 3.97. The van der Waals surface area contributed by atoms with Crippen LogP contribution in [0.15, 0.2) is 18.2 Å². The molecule has 0 atom stereocenters. The summed E-state index contributed by atoms with van der Waals surface area (Å²) in [6, 6.07) is 4.26. The SMILES string of the molecule is COc1cc(C(Cl)Cl)ccc1F. The maximum absolute atomic E-state index is 12.8. The molecule has 0 aliphatic carbocycles. The molecule has 66 valence electrons. The van der Waals surface area contributed by atoms with Crippen molar-refractivity contribution in [2.24, 2.45) is 0 Å². The summed E-state index contributed by atoms with van der Waals surface area (Å²) in [5.74, 6) is -0.269. The zero-order valence-electron chi connectivity index (χ0n) is 6.35. The van der Waals surface area contributed by atoms with E-state index in [4.69, 9.17) is 27.9 Å². The van der Waals surface area contributed by atoms with Gasteiger partial charge in [-0.3, -0.25) is 0 Å². The van der Waals surface area contributed by atoms with E-state index in [-0.39, 0.29) is 5.75 Å². The summed E-state index contributed by atoms with van der Waals surface area (Å²) in [6.45, 7) is 0. The van der Waals surface area contributed by atoms with E-state index < -0.39 is 10.7 Å². The Bertz CT molecular complexity index is 276. The van der Waals surface area contributed by atoms with E-state index in [0.717, 1.165) is 0 Å². The lowest BCUT2D eigenvalue weighted by molar-refractivity contribution is 0.386. The smallest absolute Gasteiger partial charge is 0.165 e. The fourth-order valence-corrected chi connectivity index (χ4v) is 1.08. The van der Waals surface area contributed by atoms with Gasteiger partial charge in [-0.15, -0.1) is 23.2 Å². The van der Waals surface area contributed by atoms with E-state index in [1.165, 1.54) is 25.3 Å². The third kappa shape index (κ3) is 2.02. The van der Waals surface area contributed by atoms with Gasteiger partial charge in [0, 0.05) is 0 Å². The predicted octanol–water partition coefficient (Wildman–Crippen LogP) is 3.31. The Morgan fingerprint density at radius 2 is 2.08 bits per heavy atom. The molecule has 4 heteroatoms. The molecular weight excluding hydrogens is 202 g/mol. The van der Waals surface area contributed by atoms with Crippen LogP contribution in [0, 0.1) is 5.82 Å². The average Bonchev–Trinajstić information content (AvgIpc) is 2.05. The molecule has 0 saturated heterocycles. The van der Waals surface area contributed by atoms with Crippen molar-refractivity contribution < 1.29 is 9.13 Å². The molecule has 0 aromatic heterocycles. The van der Waals surface area contributed by atoms with E-state index in [1.54, 1.807) is 0 Å². The van der Waals surface area contributed by atoms with Crippen LogP contribution >= 0.6 is 23.2 Å². The van der Waals surface area contributed by atoms with Crippen molar-refractivity contribution >= 4 is 23.2 Å². The van der Waals surface area contributed by atoms with Crippen molar-refractivity contribution in [2.75, 3.05) is 7.11 Å². The van der Waals surface area contributed by atoms with E-state index in [1.807, 2.05) is 0 Å². The molecule has 0 radical (unpaired) electrons. The van der Waals surface area contributed by atoms with Crippen LogP contribution in [0.2, 0.25) is 0 Å². The highest BCUT2D eigenvalue weighted by atomic mass is 35.5. The van der Waals surface area contributed by atoms with Crippen LogP contribution in [0.4, 0.5) is 4.39 Å². The van der Waals surface area contributed by atoms with Gasteiger partial charge in [-0.2, -0.15) is 0 Å². The number of alkyl halides is 2. The molecule has 1 nitrogen and oxygen atoms in total. The highest BCUT2D eigenvalue weighted by Gasteiger charge is 2.07. The Morgan fingerprint density at radius 3 is 2.58 bits per heavy atom. The van der Waals surface area contributed by atoms with Crippen molar-refractivity contribution in [3.63, 3.8) is 0 Å². The van der Waals surface area contributed by atoms with Crippen LogP contribution in [0.25, 0.3) is 0 Å². The second-order valence-corrected chi connectivity index (χ2v) is 3.29. The van der Waals surface area contributed by atoms with Gasteiger partial charge in [0.25, 0.3) is 0 Å². The molecule has 0 amide bonds. The molecule has 0 fully saturated rings. The van der Waals surface area contributed by atoms with Crippen molar-refractivity contribution in [3.05, 3.63) is 29.6 Å². The molecule has 12 heavy (non-hydrogen) atoms. The Kier molecular flexibility index (Phi) is 3.18. The van der Waals surface area contributed by atoms with Crippen molar-refractivity contribution in [3.8, 4) is 5.75 Å². The minimum absolute atomic E-state index is 0.152. The van der Waals surface area contributed by atoms with Crippen LogP contribution in [0.5, 0.6) is 5.75 Å². The van der Waals surface area contributed by atoms with Gasteiger partial charge in [-0.05, 0) is 17.7 Å². The maximum atomic E-state index is 12.8. The molecule has 1 aromatic carbocycles. The molecule has 0 aliphatic rings. The molecule has 0 unspecified atom stereocenters. The van der Waals surface area contributed by atoms with Gasteiger partial charge in [0.15, 0.2) is 11.6 Å². The molecule has 0 aliphatic heterocycles. The lowest BCUT2D eigenvalue weighted by Crippen LogP contribution is -1.90.